The molecular weight excluding hydrogens is 368 g/mol. The van der Waals surface area contributed by atoms with Crippen LogP contribution in [0.2, 0.25) is 0 Å². The molecule has 0 saturated heterocycles. The molecule has 0 aliphatic rings. The van der Waals surface area contributed by atoms with E-state index in [1.165, 1.54) is 17.2 Å². The molecule has 0 N–H and O–H groups in total. The van der Waals surface area contributed by atoms with E-state index < -0.39 is 0 Å². The quantitative estimate of drug-likeness (QED) is 0.371. The zero-order valence-electron chi connectivity index (χ0n) is 17.4. The summed E-state index contributed by atoms with van der Waals surface area (Å²) in [7, 11) is 0. The lowest BCUT2D eigenvalue weighted by molar-refractivity contribution is -0.385. The predicted molar refractivity (Wildman–Crippen MR) is 116 cm³/mol. The Bertz CT molecular complexity index is 946. The summed E-state index contributed by atoms with van der Waals surface area (Å²) in [5, 5.41) is 20.6. The van der Waals surface area contributed by atoms with Crippen LogP contribution in [-0.2, 0) is 0 Å². The molecular formula is C23H26N2O4. The number of benzene rings is 3. The highest BCUT2D eigenvalue weighted by Gasteiger charge is 2.08. The lowest BCUT2D eigenvalue weighted by atomic mass is 10.1. The van der Waals surface area contributed by atoms with E-state index in [1.54, 1.807) is 44.2 Å². The van der Waals surface area contributed by atoms with Gasteiger partial charge in [-0.1, -0.05) is 65.7 Å². The fourth-order valence-corrected chi connectivity index (χ4v) is 2.32. The summed E-state index contributed by atoms with van der Waals surface area (Å²) in [6.45, 7) is 9.49. The Hall–Kier alpha value is -3.54. The smallest absolute Gasteiger partial charge is 0.258 e. The minimum atomic E-state index is -0.380. The molecule has 152 valence electrons. The van der Waals surface area contributed by atoms with Gasteiger partial charge in [0.15, 0.2) is 0 Å². The molecule has 0 radical (unpaired) electrons. The van der Waals surface area contributed by atoms with E-state index >= 15 is 0 Å². The maximum Gasteiger partial charge on any atom is 0.272 e. The topological polar surface area (TPSA) is 86.3 Å². The number of nitrogens with zero attached hydrogens (tertiary/aromatic N) is 2. The number of aryl methyl sites for hydroxylation is 5. The summed E-state index contributed by atoms with van der Waals surface area (Å²) in [6, 6.07) is 20.3. The summed E-state index contributed by atoms with van der Waals surface area (Å²) in [4.78, 5) is 19.9. The normalized spacial score (nSPS) is 9.41. The van der Waals surface area contributed by atoms with Gasteiger partial charge in [0.05, 0.1) is 9.85 Å². The Morgan fingerprint density at radius 3 is 1.34 bits per heavy atom. The number of hydrogen-bond acceptors (Lipinski definition) is 4. The van der Waals surface area contributed by atoms with Crippen molar-refractivity contribution in [2.45, 2.75) is 34.6 Å². The third kappa shape index (κ3) is 8.34. The second-order valence-electron chi connectivity index (χ2n) is 6.75. The molecule has 29 heavy (non-hydrogen) atoms. The fraction of sp³-hybridized carbons (Fsp3) is 0.217. The highest BCUT2D eigenvalue weighted by Crippen LogP contribution is 2.18. The lowest BCUT2D eigenvalue weighted by Crippen LogP contribution is -1.91. The zero-order valence-corrected chi connectivity index (χ0v) is 17.4. The summed E-state index contributed by atoms with van der Waals surface area (Å²) in [6.07, 6.45) is 0. The standard InChI is InChI=1S/C8H9NO2.C8H10.C7H7NO2/c1-6-3-4-7(2)8(5-6)9(10)11;1-7-3-5-8(2)6-4-7;1-6-4-2-3-5-7(6)8(9)10/h3-5H,1-2H3;3-6H,1-2H3;2-5H,1H3. The molecule has 3 aromatic rings. The van der Waals surface area contributed by atoms with Gasteiger partial charge in [0, 0.05) is 23.3 Å². The van der Waals surface area contributed by atoms with Gasteiger partial charge in [-0.25, -0.2) is 0 Å². The van der Waals surface area contributed by atoms with Crippen molar-refractivity contribution in [3.05, 3.63) is 115 Å². The van der Waals surface area contributed by atoms with Gasteiger partial charge in [0.25, 0.3) is 11.4 Å². The van der Waals surface area contributed by atoms with Gasteiger partial charge in [-0.15, -0.1) is 0 Å². The molecule has 0 saturated carbocycles. The van der Waals surface area contributed by atoms with Gasteiger partial charge >= 0.3 is 0 Å². The van der Waals surface area contributed by atoms with Crippen LogP contribution >= 0.6 is 0 Å². The molecule has 3 aromatic carbocycles. The molecule has 0 aliphatic carbocycles. The van der Waals surface area contributed by atoms with E-state index in [-0.39, 0.29) is 21.2 Å². The van der Waals surface area contributed by atoms with E-state index in [0.29, 0.717) is 11.1 Å². The molecule has 0 aromatic heterocycles. The van der Waals surface area contributed by atoms with Gasteiger partial charge in [-0.3, -0.25) is 20.2 Å². The SMILES string of the molecule is Cc1ccc(C)c([N+](=O)[O-])c1.Cc1ccc(C)cc1.Cc1ccccc1[N+](=O)[O-]. The van der Waals surface area contributed by atoms with Crippen molar-refractivity contribution in [3.8, 4) is 0 Å². The molecule has 0 atom stereocenters. The average molecular weight is 394 g/mol. The van der Waals surface area contributed by atoms with Crippen LogP contribution in [0.1, 0.15) is 27.8 Å². The van der Waals surface area contributed by atoms with Crippen molar-refractivity contribution < 1.29 is 9.85 Å². The van der Waals surface area contributed by atoms with Crippen LogP contribution in [-0.4, -0.2) is 9.85 Å². The minimum absolute atomic E-state index is 0.183. The Labute approximate surface area is 171 Å². The molecule has 6 nitrogen and oxygen atoms in total. The summed E-state index contributed by atoms with van der Waals surface area (Å²) < 4.78 is 0. The monoisotopic (exact) mass is 394 g/mol. The van der Waals surface area contributed by atoms with Crippen molar-refractivity contribution in [3.63, 3.8) is 0 Å². The molecule has 3 rings (SSSR count). The van der Waals surface area contributed by atoms with Crippen LogP contribution in [0.4, 0.5) is 11.4 Å². The second kappa shape index (κ2) is 11.3. The fourth-order valence-electron chi connectivity index (χ4n) is 2.32. The van der Waals surface area contributed by atoms with Crippen molar-refractivity contribution >= 4 is 11.4 Å². The lowest BCUT2D eigenvalue weighted by Gasteiger charge is -1.96. The molecule has 6 heteroatoms. The molecule has 0 bridgehead atoms. The highest BCUT2D eigenvalue weighted by atomic mass is 16.6. The first-order valence-electron chi connectivity index (χ1n) is 9.06. The van der Waals surface area contributed by atoms with Crippen molar-refractivity contribution in [2.24, 2.45) is 0 Å². The van der Waals surface area contributed by atoms with Crippen LogP contribution < -0.4 is 0 Å². The zero-order chi connectivity index (χ0) is 22.0. The first-order chi connectivity index (χ1) is 13.6. The summed E-state index contributed by atoms with van der Waals surface area (Å²) >= 11 is 0. The third-order valence-electron chi connectivity index (χ3n) is 4.09. The molecule has 0 amide bonds. The first-order valence-corrected chi connectivity index (χ1v) is 9.06. The van der Waals surface area contributed by atoms with Crippen molar-refractivity contribution in [2.75, 3.05) is 0 Å². The molecule has 0 fully saturated rings. The summed E-state index contributed by atoms with van der Waals surface area (Å²) in [5.74, 6) is 0. The van der Waals surface area contributed by atoms with Crippen LogP contribution in [0, 0.1) is 54.8 Å². The van der Waals surface area contributed by atoms with Crippen LogP contribution in [0.5, 0.6) is 0 Å². The highest BCUT2D eigenvalue weighted by molar-refractivity contribution is 5.41. The molecule has 0 unspecified atom stereocenters. The number of nitro groups is 2. The average Bonchev–Trinajstić information content (AvgIpc) is 2.67. The van der Waals surface area contributed by atoms with Gasteiger partial charge in [-0.2, -0.15) is 0 Å². The van der Waals surface area contributed by atoms with Gasteiger partial charge in [-0.05, 0) is 40.2 Å². The number of para-hydroxylation sites is 1. The van der Waals surface area contributed by atoms with Crippen LogP contribution in [0.3, 0.4) is 0 Å². The predicted octanol–water partition coefficient (Wildman–Crippen LogP) is 6.42. The van der Waals surface area contributed by atoms with E-state index in [0.717, 1.165) is 5.56 Å². The Kier molecular flexibility index (Phi) is 9.19. The van der Waals surface area contributed by atoms with E-state index in [9.17, 15) is 20.2 Å². The van der Waals surface area contributed by atoms with Gasteiger partial charge in [0.2, 0.25) is 0 Å². The van der Waals surface area contributed by atoms with Crippen LogP contribution in [0.15, 0.2) is 66.7 Å². The maximum atomic E-state index is 10.4. The van der Waals surface area contributed by atoms with E-state index in [2.05, 4.69) is 38.1 Å². The third-order valence-corrected chi connectivity index (χ3v) is 4.09. The van der Waals surface area contributed by atoms with Crippen molar-refractivity contribution in [1.29, 1.82) is 0 Å². The molecule has 0 heterocycles. The minimum Gasteiger partial charge on any atom is -0.258 e. The number of nitro benzene ring substituents is 2. The Morgan fingerprint density at radius 2 is 0.966 bits per heavy atom. The maximum absolute atomic E-state index is 10.4. The Balaban J connectivity index is 0.000000220. The number of rotatable bonds is 2. The summed E-state index contributed by atoms with van der Waals surface area (Å²) in [5.41, 5.74) is 5.37. The largest absolute Gasteiger partial charge is 0.272 e. The van der Waals surface area contributed by atoms with Crippen molar-refractivity contribution in [1.82, 2.24) is 0 Å². The van der Waals surface area contributed by atoms with Crippen LogP contribution in [0.25, 0.3) is 0 Å². The van der Waals surface area contributed by atoms with Gasteiger partial charge in [0.1, 0.15) is 0 Å². The Morgan fingerprint density at radius 1 is 0.552 bits per heavy atom. The molecule has 0 spiro atoms. The first kappa shape index (κ1) is 23.5. The second-order valence-corrected chi connectivity index (χ2v) is 6.75. The van der Waals surface area contributed by atoms with Gasteiger partial charge < -0.3 is 0 Å². The van der Waals surface area contributed by atoms with E-state index in [1.807, 2.05) is 13.0 Å². The van der Waals surface area contributed by atoms with E-state index in [4.69, 9.17) is 0 Å². The number of hydrogen-bond donors (Lipinski definition) is 0. The molecule has 0 aliphatic heterocycles.